The van der Waals surface area contributed by atoms with Gasteiger partial charge in [0.05, 0.1) is 22.2 Å². The molecule has 5 heteroatoms. The Kier molecular flexibility index (Phi) is 8.64. The summed E-state index contributed by atoms with van der Waals surface area (Å²) >= 11 is 7.22. The van der Waals surface area contributed by atoms with E-state index < -0.39 is 0 Å². The lowest BCUT2D eigenvalue weighted by molar-refractivity contribution is 0.907. The summed E-state index contributed by atoms with van der Waals surface area (Å²) in [6, 6.07) is 6.55. The van der Waals surface area contributed by atoms with Gasteiger partial charge in [-0.2, -0.15) is 5.26 Å². The van der Waals surface area contributed by atoms with Crippen molar-refractivity contribution >= 4 is 44.3 Å². The largest absolute Gasteiger partial charge is 0.379 e. The van der Waals surface area contributed by atoms with Gasteiger partial charge in [0.15, 0.2) is 0 Å². The van der Waals surface area contributed by atoms with Gasteiger partial charge in [-0.3, -0.25) is 0 Å². The van der Waals surface area contributed by atoms with Crippen LogP contribution in [0.1, 0.15) is 52.4 Å². The van der Waals surface area contributed by atoms with Gasteiger partial charge in [0.25, 0.3) is 0 Å². The molecule has 0 unspecified atom stereocenters. The van der Waals surface area contributed by atoms with Gasteiger partial charge >= 0.3 is 0 Å². The molecule has 2 nitrogen and oxygen atoms in total. The fourth-order valence-electron chi connectivity index (χ4n) is 2.71. The number of thiophene rings is 2. The number of nitrogens with one attached hydrogen (secondary N) is 1. The van der Waals surface area contributed by atoms with Crippen molar-refractivity contribution in [3.63, 3.8) is 0 Å². The minimum atomic E-state index is 0.728. The van der Waals surface area contributed by atoms with Crippen LogP contribution in [0.4, 0.5) is 0 Å². The highest BCUT2D eigenvalue weighted by molar-refractivity contribution is 9.08. The third-order valence-electron chi connectivity index (χ3n) is 4.17. The summed E-state index contributed by atoms with van der Waals surface area (Å²) in [6.45, 7) is 7.29. The van der Waals surface area contributed by atoms with Crippen LogP contribution in [0.25, 0.3) is 5.70 Å². The predicted octanol–water partition coefficient (Wildman–Crippen LogP) is 6.96. The van der Waals surface area contributed by atoms with Crippen molar-refractivity contribution in [3.8, 4) is 6.07 Å². The Morgan fingerprint density at radius 3 is 2.73 bits per heavy atom. The van der Waals surface area contributed by atoms with E-state index >= 15 is 0 Å². The minimum Gasteiger partial charge on any atom is -0.379 e. The quantitative estimate of drug-likeness (QED) is 0.255. The number of rotatable bonds is 9. The second-order valence-corrected chi connectivity index (χ2v) is 8.69. The number of nitrogens with zero attached hydrogens (tertiary/aromatic N) is 1. The molecule has 0 aromatic carbocycles. The summed E-state index contributed by atoms with van der Waals surface area (Å²) in [5, 5.41) is 16.1. The van der Waals surface area contributed by atoms with E-state index in [-0.39, 0.29) is 0 Å². The molecule has 0 amide bonds. The van der Waals surface area contributed by atoms with Gasteiger partial charge in [-0.15, -0.1) is 22.7 Å². The summed E-state index contributed by atoms with van der Waals surface area (Å²) < 4.78 is 0. The molecule has 0 bridgehead atoms. The lowest BCUT2D eigenvalue weighted by Crippen LogP contribution is -2.11. The van der Waals surface area contributed by atoms with Crippen molar-refractivity contribution < 1.29 is 0 Å². The third-order valence-corrected chi connectivity index (χ3v) is 7.12. The number of halogens is 1. The Bertz CT molecular complexity index is 808. The zero-order valence-corrected chi connectivity index (χ0v) is 18.8. The van der Waals surface area contributed by atoms with E-state index in [1.165, 1.54) is 25.8 Å². The van der Waals surface area contributed by atoms with Gasteiger partial charge in [0.2, 0.25) is 0 Å². The zero-order chi connectivity index (χ0) is 18.9. The molecule has 0 atom stereocenters. The molecule has 138 valence electrons. The molecule has 26 heavy (non-hydrogen) atoms. The first-order chi connectivity index (χ1) is 12.6. The number of unbranched alkanes of at least 4 members (excludes halogenated alkanes) is 1. The normalized spacial score (nSPS) is 12.3. The molecule has 0 aliphatic rings. The smallest absolute Gasteiger partial charge is 0.0989 e. The second kappa shape index (κ2) is 10.7. The van der Waals surface area contributed by atoms with Gasteiger partial charge in [-0.1, -0.05) is 48.3 Å². The second-order valence-electron chi connectivity index (χ2n) is 6.00. The Labute approximate surface area is 173 Å². The highest BCUT2D eigenvalue weighted by atomic mass is 79.9. The first-order valence-electron chi connectivity index (χ1n) is 8.90. The van der Waals surface area contributed by atoms with E-state index in [9.17, 15) is 5.26 Å². The monoisotopic (exact) mass is 448 g/mol. The first-order valence-corrected chi connectivity index (χ1v) is 11.7. The fourth-order valence-corrected chi connectivity index (χ4v) is 5.56. The van der Waals surface area contributed by atoms with Gasteiger partial charge in [-0.25, -0.2) is 0 Å². The average molecular weight is 449 g/mol. The molecule has 0 fully saturated rings. The molecular formula is C21H25BrN2S2. The van der Waals surface area contributed by atoms with Crippen molar-refractivity contribution in [1.29, 1.82) is 5.26 Å². The van der Waals surface area contributed by atoms with Crippen molar-refractivity contribution in [1.82, 2.24) is 5.32 Å². The Morgan fingerprint density at radius 1 is 1.38 bits per heavy atom. The van der Waals surface area contributed by atoms with Crippen LogP contribution >= 0.6 is 38.6 Å². The fraction of sp³-hybridized carbons (Fsp3) is 0.381. The van der Waals surface area contributed by atoms with E-state index in [2.05, 4.69) is 65.6 Å². The topological polar surface area (TPSA) is 35.8 Å². The number of alkyl halides is 1. The van der Waals surface area contributed by atoms with Crippen LogP contribution < -0.4 is 5.32 Å². The molecule has 0 aliphatic carbocycles. The van der Waals surface area contributed by atoms with E-state index in [0.717, 1.165) is 42.4 Å². The number of hydrogen-bond donors (Lipinski definition) is 1. The van der Waals surface area contributed by atoms with Crippen LogP contribution in [0.3, 0.4) is 0 Å². The number of hydrogen-bond acceptors (Lipinski definition) is 4. The van der Waals surface area contributed by atoms with Crippen LogP contribution in [0, 0.1) is 18.3 Å². The van der Waals surface area contributed by atoms with Crippen molar-refractivity contribution in [2.24, 2.45) is 0 Å². The Balaban J connectivity index is 2.43. The van der Waals surface area contributed by atoms with E-state index in [0.29, 0.717) is 0 Å². The molecule has 0 aliphatic heterocycles. The molecule has 2 rings (SSSR count). The van der Waals surface area contributed by atoms with Crippen LogP contribution in [0.2, 0.25) is 0 Å². The highest BCUT2D eigenvalue weighted by Gasteiger charge is 2.16. The molecule has 1 N–H and O–H groups in total. The maximum atomic E-state index is 9.53. The molecule has 2 aromatic rings. The van der Waals surface area contributed by atoms with E-state index in [4.69, 9.17) is 0 Å². The molecular weight excluding hydrogens is 424 g/mol. The summed E-state index contributed by atoms with van der Waals surface area (Å²) in [7, 11) is 0. The van der Waals surface area contributed by atoms with E-state index in [1.807, 2.05) is 23.5 Å². The standard InChI is InChI=1S/C21H25BrN2S2/c1-4-6-8-16(13-23)11-19(24-14-17-9-7-10-25-17)21-15(3)18(12-22)20(5-2)26-21/h7-11,24H,4-6,12,14H2,1-3H3/b16-8-,19-11+. The van der Waals surface area contributed by atoms with Crippen LogP contribution in [0.5, 0.6) is 0 Å². The summed E-state index contributed by atoms with van der Waals surface area (Å²) in [5.41, 5.74) is 4.47. The van der Waals surface area contributed by atoms with E-state index in [1.54, 1.807) is 11.3 Å². The van der Waals surface area contributed by atoms with Gasteiger partial charge < -0.3 is 5.32 Å². The Hall–Kier alpha value is -1.35. The summed E-state index contributed by atoms with van der Waals surface area (Å²) in [5.74, 6) is 0. The predicted molar refractivity (Wildman–Crippen MR) is 119 cm³/mol. The number of allylic oxidation sites excluding steroid dienone is 3. The van der Waals surface area contributed by atoms with Gasteiger partial charge in [0.1, 0.15) is 0 Å². The number of aryl methyl sites for hydroxylation is 1. The third kappa shape index (κ3) is 5.33. The Morgan fingerprint density at radius 2 is 2.19 bits per heavy atom. The average Bonchev–Trinajstić information content (AvgIpc) is 3.28. The lowest BCUT2D eigenvalue weighted by Gasteiger charge is -2.11. The van der Waals surface area contributed by atoms with Crippen LogP contribution in [-0.2, 0) is 18.3 Å². The van der Waals surface area contributed by atoms with Crippen LogP contribution in [-0.4, -0.2) is 0 Å². The van der Waals surface area contributed by atoms with Crippen molar-refractivity contribution in [3.05, 3.63) is 61.0 Å². The van der Waals surface area contributed by atoms with Gasteiger partial charge in [-0.05, 0) is 48.4 Å². The summed E-state index contributed by atoms with van der Waals surface area (Å²) in [4.78, 5) is 3.94. The SMILES string of the molecule is CCC/C=C(C#N)/C=C(/NCc1cccs1)c1sc(CC)c(CBr)c1C. The molecule has 0 spiro atoms. The molecule has 0 radical (unpaired) electrons. The maximum Gasteiger partial charge on any atom is 0.0989 e. The highest BCUT2D eigenvalue weighted by Crippen LogP contribution is 2.35. The van der Waals surface area contributed by atoms with Gasteiger partial charge in [0, 0.05) is 21.6 Å². The lowest BCUT2D eigenvalue weighted by atomic mass is 10.1. The van der Waals surface area contributed by atoms with Crippen LogP contribution in [0.15, 0.2) is 35.2 Å². The molecule has 0 saturated carbocycles. The van der Waals surface area contributed by atoms with Crippen molar-refractivity contribution in [2.75, 3.05) is 0 Å². The molecule has 2 aromatic heterocycles. The first kappa shape index (κ1) is 21.0. The number of nitriles is 1. The van der Waals surface area contributed by atoms with Crippen molar-refractivity contribution in [2.45, 2.75) is 51.9 Å². The summed E-state index contributed by atoms with van der Waals surface area (Å²) in [6.07, 6.45) is 7.04. The molecule has 2 heterocycles. The molecule has 0 saturated heterocycles. The zero-order valence-electron chi connectivity index (χ0n) is 15.6. The maximum absolute atomic E-state index is 9.53. The minimum absolute atomic E-state index is 0.728.